The first kappa shape index (κ1) is 13.1. The molecule has 2 rings (SSSR count). The van der Waals surface area contributed by atoms with Crippen LogP contribution in [0.5, 0.6) is 0 Å². The molecule has 2 aromatic rings. The second kappa shape index (κ2) is 5.13. The second-order valence-electron chi connectivity index (χ2n) is 3.06. The predicted molar refractivity (Wildman–Crippen MR) is 64.2 cm³/mol. The molecule has 0 spiro atoms. The van der Waals surface area contributed by atoms with E-state index in [0.717, 1.165) is 17.4 Å². The topological polar surface area (TPSA) is 54.9 Å². The molecule has 9 heteroatoms. The minimum Gasteiger partial charge on any atom is -0.316 e. The van der Waals surface area contributed by atoms with E-state index in [1.807, 2.05) is 0 Å². The molecule has 1 N–H and O–H groups in total. The fourth-order valence-electron chi connectivity index (χ4n) is 1.13. The molecular weight excluding hydrogens is 307 g/mol. The molecule has 0 aliphatic heterocycles. The van der Waals surface area contributed by atoms with Gasteiger partial charge in [0.1, 0.15) is 5.82 Å². The van der Waals surface area contributed by atoms with E-state index >= 15 is 0 Å². The van der Waals surface area contributed by atoms with Crippen LogP contribution in [0.1, 0.15) is 9.80 Å². The van der Waals surface area contributed by atoms with Gasteiger partial charge in [-0.05, 0) is 17.7 Å². The Balaban J connectivity index is 2.27. The number of carbonyl (C=O) groups is 1. The van der Waals surface area contributed by atoms with Crippen molar-refractivity contribution in [2.75, 3.05) is 5.32 Å². The van der Waals surface area contributed by atoms with Gasteiger partial charge in [0.2, 0.25) is 9.47 Å². The Kier molecular flexibility index (Phi) is 3.74. The first-order chi connectivity index (χ1) is 8.47. The van der Waals surface area contributed by atoms with Crippen LogP contribution >= 0.6 is 34.5 Å². The summed E-state index contributed by atoms with van der Waals surface area (Å²) in [6.07, 6.45) is 0. The maximum atomic E-state index is 13.4. The van der Waals surface area contributed by atoms with Gasteiger partial charge in [0, 0.05) is 6.07 Å². The van der Waals surface area contributed by atoms with Crippen molar-refractivity contribution >= 4 is 46.1 Å². The van der Waals surface area contributed by atoms with E-state index in [2.05, 4.69) is 15.5 Å². The van der Waals surface area contributed by atoms with Crippen LogP contribution in [0.2, 0.25) is 9.49 Å². The Labute approximate surface area is 114 Å². The Morgan fingerprint density at radius 3 is 2.56 bits per heavy atom. The summed E-state index contributed by atoms with van der Waals surface area (Å²) in [6, 6.07) is 1.49. The summed E-state index contributed by atoms with van der Waals surface area (Å²) >= 11 is 11.9. The molecule has 1 aromatic carbocycles. The number of hydrogen-bond donors (Lipinski definition) is 1. The summed E-state index contributed by atoms with van der Waals surface area (Å²) in [5.74, 6) is -2.55. The van der Waals surface area contributed by atoms with Gasteiger partial charge in [0.15, 0.2) is 5.82 Å². The summed E-state index contributed by atoms with van der Waals surface area (Å²) < 4.78 is 26.3. The van der Waals surface area contributed by atoms with Crippen molar-refractivity contribution in [3.05, 3.63) is 38.3 Å². The third-order valence-electron chi connectivity index (χ3n) is 1.84. The molecule has 0 saturated carbocycles. The molecule has 0 radical (unpaired) electrons. The molecule has 4 nitrogen and oxygen atoms in total. The van der Waals surface area contributed by atoms with Crippen molar-refractivity contribution in [3.63, 3.8) is 0 Å². The molecule has 0 aliphatic carbocycles. The van der Waals surface area contributed by atoms with Gasteiger partial charge in [0.05, 0.1) is 10.7 Å². The highest BCUT2D eigenvalue weighted by atomic mass is 35.5. The smallest absolute Gasteiger partial charge is 0.286 e. The zero-order valence-electron chi connectivity index (χ0n) is 8.38. The standard InChI is InChI=1S/C9H3Cl2F2N3OS/c10-4-1-3(12)2-5(13)6(4)14-7(17)8-15-16-9(11)18-8/h1-2H,(H,14,17). The Hall–Kier alpha value is -1.31. The van der Waals surface area contributed by atoms with Crippen molar-refractivity contribution in [2.24, 2.45) is 0 Å². The summed E-state index contributed by atoms with van der Waals surface area (Å²) in [7, 11) is 0. The third-order valence-corrected chi connectivity index (χ3v) is 3.16. The van der Waals surface area contributed by atoms with Gasteiger partial charge in [-0.15, -0.1) is 10.2 Å². The molecular formula is C9H3Cl2F2N3OS. The van der Waals surface area contributed by atoms with Crippen molar-refractivity contribution in [3.8, 4) is 0 Å². The first-order valence-electron chi connectivity index (χ1n) is 4.42. The fourth-order valence-corrected chi connectivity index (χ4v) is 2.09. The quantitative estimate of drug-likeness (QED) is 0.925. The van der Waals surface area contributed by atoms with Crippen LogP contribution in [0.15, 0.2) is 12.1 Å². The Morgan fingerprint density at radius 2 is 2.00 bits per heavy atom. The molecule has 0 fully saturated rings. The van der Waals surface area contributed by atoms with Crippen molar-refractivity contribution < 1.29 is 13.6 Å². The number of anilines is 1. The van der Waals surface area contributed by atoms with Gasteiger partial charge in [-0.2, -0.15) is 0 Å². The minimum absolute atomic E-state index is 0.0557. The number of carbonyl (C=O) groups excluding carboxylic acids is 1. The number of aromatic nitrogens is 2. The first-order valence-corrected chi connectivity index (χ1v) is 5.99. The summed E-state index contributed by atoms with van der Waals surface area (Å²) in [4.78, 5) is 11.6. The average Bonchev–Trinajstić information content (AvgIpc) is 2.70. The third kappa shape index (κ3) is 2.74. The number of nitrogens with zero attached hydrogens (tertiary/aromatic N) is 2. The average molecular weight is 310 g/mol. The minimum atomic E-state index is -0.982. The zero-order valence-corrected chi connectivity index (χ0v) is 10.7. The Morgan fingerprint density at radius 1 is 1.28 bits per heavy atom. The molecule has 94 valence electrons. The maximum absolute atomic E-state index is 13.4. The predicted octanol–water partition coefficient (Wildman–Crippen LogP) is 3.38. The lowest BCUT2D eigenvalue weighted by atomic mass is 10.3. The van der Waals surface area contributed by atoms with Gasteiger partial charge in [-0.1, -0.05) is 22.9 Å². The van der Waals surface area contributed by atoms with Gasteiger partial charge in [-0.25, -0.2) is 8.78 Å². The zero-order chi connectivity index (χ0) is 13.3. The fraction of sp³-hybridized carbons (Fsp3) is 0. The van der Waals surface area contributed by atoms with Crippen LogP contribution in [0.25, 0.3) is 0 Å². The van der Waals surface area contributed by atoms with Gasteiger partial charge < -0.3 is 5.32 Å². The summed E-state index contributed by atoms with van der Waals surface area (Å²) in [6.45, 7) is 0. The molecule has 0 unspecified atom stereocenters. The number of halogens is 4. The lowest BCUT2D eigenvalue weighted by Gasteiger charge is -2.06. The summed E-state index contributed by atoms with van der Waals surface area (Å²) in [5.41, 5.74) is -0.325. The molecule has 0 bridgehead atoms. The van der Waals surface area contributed by atoms with E-state index < -0.39 is 17.5 Å². The van der Waals surface area contributed by atoms with E-state index in [-0.39, 0.29) is 20.2 Å². The van der Waals surface area contributed by atoms with E-state index in [4.69, 9.17) is 23.2 Å². The van der Waals surface area contributed by atoms with Crippen LogP contribution in [-0.2, 0) is 0 Å². The van der Waals surface area contributed by atoms with Gasteiger partial charge >= 0.3 is 0 Å². The van der Waals surface area contributed by atoms with Crippen LogP contribution in [0.3, 0.4) is 0 Å². The molecule has 0 atom stereocenters. The van der Waals surface area contributed by atoms with Crippen LogP contribution in [0, 0.1) is 11.6 Å². The van der Waals surface area contributed by atoms with Crippen molar-refractivity contribution in [1.82, 2.24) is 10.2 Å². The SMILES string of the molecule is O=C(Nc1c(F)cc(F)cc1Cl)c1nnc(Cl)s1. The monoisotopic (exact) mass is 309 g/mol. The molecule has 1 aromatic heterocycles. The molecule has 0 aliphatic rings. The number of benzene rings is 1. The number of amides is 1. The Bertz CT molecular complexity index is 597. The molecule has 0 saturated heterocycles. The van der Waals surface area contributed by atoms with Crippen LogP contribution in [-0.4, -0.2) is 16.1 Å². The van der Waals surface area contributed by atoms with E-state index in [1.165, 1.54) is 0 Å². The van der Waals surface area contributed by atoms with E-state index in [1.54, 1.807) is 0 Å². The normalized spacial score (nSPS) is 10.4. The summed E-state index contributed by atoms with van der Waals surface area (Å²) in [5, 5.41) is 8.76. The second-order valence-corrected chi connectivity index (χ2v) is 5.03. The largest absolute Gasteiger partial charge is 0.316 e. The van der Waals surface area contributed by atoms with Gasteiger partial charge in [-0.3, -0.25) is 4.79 Å². The lowest BCUT2D eigenvalue weighted by molar-refractivity contribution is 0.102. The highest BCUT2D eigenvalue weighted by molar-refractivity contribution is 7.17. The molecule has 1 amide bonds. The molecule has 18 heavy (non-hydrogen) atoms. The van der Waals surface area contributed by atoms with E-state index in [0.29, 0.717) is 6.07 Å². The molecule has 1 heterocycles. The maximum Gasteiger partial charge on any atom is 0.286 e. The van der Waals surface area contributed by atoms with Crippen LogP contribution in [0.4, 0.5) is 14.5 Å². The lowest BCUT2D eigenvalue weighted by Crippen LogP contribution is -2.13. The number of rotatable bonds is 2. The number of hydrogen-bond acceptors (Lipinski definition) is 4. The number of nitrogens with one attached hydrogen (secondary N) is 1. The highest BCUT2D eigenvalue weighted by Crippen LogP contribution is 2.27. The van der Waals surface area contributed by atoms with Crippen LogP contribution < -0.4 is 5.32 Å². The highest BCUT2D eigenvalue weighted by Gasteiger charge is 2.17. The van der Waals surface area contributed by atoms with Crippen molar-refractivity contribution in [2.45, 2.75) is 0 Å². The van der Waals surface area contributed by atoms with E-state index in [9.17, 15) is 13.6 Å². The van der Waals surface area contributed by atoms with Crippen molar-refractivity contribution in [1.29, 1.82) is 0 Å². The van der Waals surface area contributed by atoms with Gasteiger partial charge in [0.25, 0.3) is 5.91 Å².